The molecule has 1 fully saturated rings. The first-order valence-corrected chi connectivity index (χ1v) is 10.7. The van der Waals surface area contributed by atoms with Crippen LogP contribution in [0.5, 0.6) is 11.5 Å². The van der Waals surface area contributed by atoms with Crippen LogP contribution in [0.1, 0.15) is 47.6 Å². The van der Waals surface area contributed by atoms with Crippen molar-refractivity contribution in [1.82, 2.24) is 9.88 Å². The highest BCUT2D eigenvalue weighted by Gasteiger charge is 2.35. The number of ether oxygens (including phenoxy) is 2. The zero-order valence-electron chi connectivity index (χ0n) is 16.7. The molecule has 4 rings (SSSR count). The predicted octanol–water partition coefficient (Wildman–Crippen LogP) is 4.10. The minimum atomic E-state index is 0.0463. The summed E-state index contributed by atoms with van der Waals surface area (Å²) < 4.78 is 10.9. The fourth-order valence-electron chi connectivity index (χ4n) is 4.14. The van der Waals surface area contributed by atoms with E-state index >= 15 is 0 Å². The third-order valence-electron chi connectivity index (χ3n) is 5.45. The summed E-state index contributed by atoms with van der Waals surface area (Å²) in [6, 6.07) is 6.16. The van der Waals surface area contributed by atoms with E-state index in [9.17, 15) is 4.79 Å². The van der Waals surface area contributed by atoms with E-state index < -0.39 is 0 Å². The van der Waals surface area contributed by atoms with Crippen LogP contribution in [0.4, 0.5) is 5.13 Å². The van der Waals surface area contributed by atoms with Gasteiger partial charge in [-0.1, -0.05) is 24.3 Å². The quantitative estimate of drug-likeness (QED) is 0.817. The van der Waals surface area contributed by atoms with Gasteiger partial charge in [0.1, 0.15) is 4.88 Å². The van der Waals surface area contributed by atoms with Crippen LogP contribution < -0.4 is 14.8 Å². The Hall–Kier alpha value is -2.28. The van der Waals surface area contributed by atoms with Gasteiger partial charge in [-0.25, -0.2) is 4.98 Å². The van der Waals surface area contributed by atoms with Crippen LogP contribution in [-0.4, -0.2) is 42.2 Å². The average molecular weight is 402 g/mol. The lowest BCUT2D eigenvalue weighted by Crippen LogP contribution is -2.45. The van der Waals surface area contributed by atoms with E-state index in [4.69, 9.17) is 9.47 Å². The summed E-state index contributed by atoms with van der Waals surface area (Å²) in [6.07, 6.45) is 3.04. The van der Waals surface area contributed by atoms with Crippen LogP contribution in [0.15, 0.2) is 18.2 Å². The van der Waals surface area contributed by atoms with Gasteiger partial charge in [-0.15, -0.1) is 0 Å². The molecule has 28 heavy (non-hydrogen) atoms. The van der Waals surface area contributed by atoms with E-state index in [0.29, 0.717) is 6.79 Å². The summed E-state index contributed by atoms with van der Waals surface area (Å²) in [4.78, 5) is 20.4. The number of nitrogens with one attached hydrogen (secondary N) is 1. The number of amides is 1. The van der Waals surface area contributed by atoms with Crippen molar-refractivity contribution in [3.8, 4) is 11.5 Å². The molecule has 0 aliphatic carbocycles. The van der Waals surface area contributed by atoms with Crippen LogP contribution in [0.25, 0.3) is 0 Å². The number of fused-ring (bicyclic) bond motifs is 1. The first kappa shape index (κ1) is 19.1. The molecular weight excluding hydrogens is 374 g/mol. The smallest absolute Gasteiger partial charge is 0.265 e. The maximum Gasteiger partial charge on any atom is 0.265 e. The number of benzene rings is 1. The molecule has 0 unspecified atom stereocenters. The lowest BCUT2D eigenvalue weighted by molar-refractivity contribution is 0.0554. The van der Waals surface area contributed by atoms with Gasteiger partial charge in [0.2, 0.25) is 6.79 Å². The highest BCUT2D eigenvalue weighted by molar-refractivity contribution is 7.17. The average Bonchev–Trinajstić information content (AvgIpc) is 3.27. The highest BCUT2D eigenvalue weighted by Crippen LogP contribution is 2.38. The Balaban J connectivity index is 1.48. The van der Waals surface area contributed by atoms with Crippen molar-refractivity contribution in [2.45, 2.75) is 40.0 Å². The zero-order chi connectivity index (χ0) is 19.7. The number of anilines is 1. The van der Waals surface area contributed by atoms with E-state index in [1.807, 2.05) is 24.8 Å². The Morgan fingerprint density at radius 1 is 1.36 bits per heavy atom. The molecule has 7 heteroatoms. The molecule has 2 aliphatic heterocycles. The summed E-state index contributed by atoms with van der Waals surface area (Å²) in [7, 11) is 0. The Labute approximate surface area is 169 Å². The van der Waals surface area contributed by atoms with E-state index in [1.165, 1.54) is 16.9 Å². The number of carbonyl (C=O) groups is 1. The van der Waals surface area contributed by atoms with Crippen LogP contribution >= 0.6 is 11.3 Å². The molecule has 1 saturated heterocycles. The molecule has 0 saturated carbocycles. The summed E-state index contributed by atoms with van der Waals surface area (Å²) in [6.45, 7) is 8.89. The normalized spacial score (nSPS) is 21.0. The summed E-state index contributed by atoms with van der Waals surface area (Å²) >= 11 is 1.46. The van der Waals surface area contributed by atoms with E-state index in [2.05, 4.69) is 29.4 Å². The van der Waals surface area contributed by atoms with Gasteiger partial charge in [0.25, 0.3) is 5.91 Å². The Morgan fingerprint density at radius 3 is 3.00 bits per heavy atom. The molecule has 1 aromatic carbocycles. The summed E-state index contributed by atoms with van der Waals surface area (Å²) in [5.41, 5.74) is 2.09. The van der Waals surface area contributed by atoms with Gasteiger partial charge in [0.15, 0.2) is 16.6 Å². The van der Waals surface area contributed by atoms with Gasteiger partial charge < -0.3 is 19.7 Å². The van der Waals surface area contributed by atoms with E-state index in [1.54, 1.807) is 0 Å². The molecule has 150 valence electrons. The fraction of sp³-hybridized carbons (Fsp3) is 0.524. The van der Waals surface area contributed by atoms with Crippen LogP contribution in [-0.2, 0) is 6.42 Å². The van der Waals surface area contributed by atoms with Gasteiger partial charge in [-0.2, -0.15) is 0 Å². The molecule has 1 aromatic heterocycles. The van der Waals surface area contributed by atoms with E-state index in [0.717, 1.165) is 66.1 Å². The third kappa shape index (κ3) is 3.81. The van der Waals surface area contributed by atoms with Crippen molar-refractivity contribution in [3.05, 3.63) is 34.3 Å². The molecule has 0 spiro atoms. The van der Waals surface area contributed by atoms with Gasteiger partial charge >= 0.3 is 0 Å². The first-order chi connectivity index (χ1) is 13.5. The number of hydrogen-bond acceptors (Lipinski definition) is 6. The van der Waals surface area contributed by atoms with Crippen molar-refractivity contribution < 1.29 is 14.3 Å². The zero-order valence-corrected chi connectivity index (χ0v) is 17.5. The third-order valence-corrected chi connectivity index (χ3v) is 6.56. The van der Waals surface area contributed by atoms with Gasteiger partial charge in [0, 0.05) is 19.6 Å². The molecule has 1 atom stereocenters. The second kappa shape index (κ2) is 7.62. The van der Waals surface area contributed by atoms with Gasteiger partial charge in [-0.05, 0) is 56.2 Å². The SMILES string of the molecule is CCNc1nc(C)c(C(=O)N2CCC[C@](C)(Cc3ccc4c(c3)OCO4)C2)s1. The standard InChI is InChI=1S/C21H27N3O3S/c1-4-22-20-23-14(2)18(28-20)19(25)24-9-5-8-21(3,12-24)11-15-6-7-16-17(10-15)27-13-26-16/h6-7,10H,4-5,8-9,11-13H2,1-3H3,(H,22,23)/t21-/m1/s1. The largest absolute Gasteiger partial charge is 0.454 e. The van der Waals surface area contributed by atoms with Gasteiger partial charge in [-0.3, -0.25) is 4.79 Å². The summed E-state index contributed by atoms with van der Waals surface area (Å²) in [5.74, 6) is 1.74. The Morgan fingerprint density at radius 2 is 2.18 bits per heavy atom. The van der Waals surface area contributed by atoms with Crippen molar-refractivity contribution in [2.75, 3.05) is 31.7 Å². The number of rotatable bonds is 5. The molecule has 1 amide bonds. The number of carbonyl (C=O) groups excluding carboxylic acids is 1. The first-order valence-electron chi connectivity index (χ1n) is 9.86. The minimum Gasteiger partial charge on any atom is -0.454 e. The number of nitrogens with zero attached hydrogens (tertiary/aromatic N) is 2. The number of thiazole rings is 1. The molecule has 0 bridgehead atoms. The number of likely N-dealkylation sites (tertiary alicyclic amines) is 1. The molecule has 0 radical (unpaired) electrons. The molecular formula is C21H27N3O3S. The van der Waals surface area contributed by atoms with Crippen molar-refractivity contribution in [2.24, 2.45) is 5.41 Å². The Kier molecular flexibility index (Phi) is 5.19. The number of piperidine rings is 1. The maximum absolute atomic E-state index is 13.2. The lowest BCUT2D eigenvalue weighted by Gasteiger charge is -2.40. The highest BCUT2D eigenvalue weighted by atomic mass is 32.1. The Bertz CT molecular complexity index is 882. The van der Waals surface area contributed by atoms with Crippen molar-refractivity contribution >= 4 is 22.4 Å². The lowest BCUT2D eigenvalue weighted by atomic mass is 9.77. The topological polar surface area (TPSA) is 63.7 Å². The second-order valence-corrected chi connectivity index (χ2v) is 8.97. The number of aryl methyl sites for hydroxylation is 1. The molecule has 1 N–H and O–H groups in total. The van der Waals surface area contributed by atoms with Crippen molar-refractivity contribution in [3.63, 3.8) is 0 Å². The van der Waals surface area contributed by atoms with Crippen LogP contribution in [0.3, 0.4) is 0 Å². The predicted molar refractivity (Wildman–Crippen MR) is 111 cm³/mol. The number of aromatic nitrogens is 1. The molecule has 2 aromatic rings. The van der Waals surface area contributed by atoms with E-state index in [-0.39, 0.29) is 11.3 Å². The maximum atomic E-state index is 13.2. The fourth-order valence-corrected chi connectivity index (χ4v) is 5.14. The van der Waals surface area contributed by atoms with Crippen LogP contribution in [0, 0.1) is 12.3 Å². The summed E-state index contributed by atoms with van der Waals surface area (Å²) in [5, 5.41) is 4.03. The molecule has 6 nitrogen and oxygen atoms in total. The molecule has 2 aliphatic rings. The second-order valence-electron chi connectivity index (χ2n) is 7.97. The molecule has 3 heterocycles. The monoisotopic (exact) mass is 401 g/mol. The number of hydrogen-bond donors (Lipinski definition) is 1. The van der Waals surface area contributed by atoms with Crippen molar-refractivity contribution in [1.29, 1.82) is 0 Å². The van der Waals surface area contributed by atoms with Gasteiger partial charge in [0.05, 0.1) is 5.69 Å². The minimum absolute atomic E-state index is 0.0463. The van der Waals surface area contributed by atoms with Crippen LogP contribution in [0.2, 0.25) is 0 Å².